The smallest absolute Gasteiger partial charge is 0.265 e. The Bertz CT molecular complexity index is 759. The molecule has 25 heavy (non-hydrogen) atoms. The second-order valence-electron chi connectivity index (χ2n) is 5.20. The molecule has 2 rings (SSSR count). The van der Waals surface area contributed by atoms with Crippen LogP contribution in [0, 0.1) is 0 Å². The van der Waals surface area contributed by atoms with Gasteiger partial charge in [-0.2, -0.15) is 0 Å². The Morgan fingerprint density at radius 3 is 2.16 bits per heavy atom. The summed E-state index contributed by atoms with van der Waals surface area (Å²) < 4.78 is 15.8. The van der Waals surface area contributed by atoms with E-state index in [-0.39, 0.29) is 17.2 Å². The van der Waals surface area contributed by atoms with E-state index in [1.165, 1.54) is 19.2 Å². The van der Waals surface area contributed by atoms with Crippen LogP contribution >= 0.6 is 0 Å². The molecule has 3 N–H and O–H groups in total. The molecular formula is C18H20N2O5. The zero-order valence-electron chi connectivity index (χ0n) is 14.2. The molecule has 2 amide bonds. The highest BCUT2D eigenvalue weighted by Gasteiger charge is 2.19. The van der Waals surface area contributed by atoms with Crippen molar-refractivity contribution in [3.8, 4) is 17.2 Å². The minimum absolute atomic E-state index is 0.171. The maximum Gasteiger partial charge on any atom is 0.265 e. The number of methoxy groups -OCH3 is 2. The largest absolute Gasteiger partial charge is 0.497 e. The molecule has 0 aromatic heterocycles. The number of amides is 2. The Kier molecular flexibility index (Phi) is 5.84. The predicted molar refractivity (Wildman–Crippen MR) is 93.2 cm³/mol. The molecule has 0 radical (unpaired) electrons. The van der Waals surface area contributed by atoms with Crippen LogP contribution in [0.25, 0.3) is 0 Å². The molecule has 0 aliphatic carbocycles. The fourth-order valence-electron chi connectivity index (χ4n) is 2.09. The van der Waals surface area contributed by atoms with Gasteiger partial charge < -0.3 is 25.3 Å². The van der Waals surface area contributed by atoms with Gasteiger partial charge in [0.1, 0.15) is 17.2 Å². The summed E-state index contributed by atoms with van der Waals surface area (Å²) in [5.74, 6) is 0.334. The summed E-state index contributed by atoms with van der Waals surface area (Å²) in [6.07, 6.45) is -0.854. The average molecular weight is 344 g/mol. The third-order valence-corrected chi connectivity index (χ3v) is 3.48. The summed E-state index contributed by atoms with van der Waals surface area (Å²) in [4.78, 5) is 23.8. The van der Waals surface area contributed by atoms with E-state index in [9.17, 15) is 9.59 Å². The quantitative estimate of drug-likeness (QED) is 0.802. The number of carbonyl (C=O) groups is 2. The predicted octanol–water partition coefficient (Wildman–Crippen LogP) is 2.21. The van der Waals surface area contributed by atoms with E-state index >= 15 is 0 Å². The number of carbonyl (C=O) groups excluding carboxylic acids is 2. The summed E-state index contributed by atoms with van der Waals surface area (Å²) in [5.41, 5.74) is 6.11. The molecule has 2 aromatic rings. The molecule has 0 aliphatic rings. The van der Waals surface area contributed by atoms with Gasteiger partial charge >= 0.3 is 0 Å². The average Bonchev–Trinajstić information content (AvgIpc) is 2.61. The van der Waals surface area contributed by atoms with Crippen LogP contribution in [0.5, 0.6) is 17.2 Å². The molecule has 7 heteroatoms. The molecule has 0 saturated heterocycles. The van der Waals surface area contributed by atoms with Crippen LogP contribution in [-0.2, 0) is 4.79 Å². The van der Waals surface area contributed by atoms with E-state index in [1.807, 2.05) is 0 Å². The first-order valence-electron chi connectivity index (χ1n) is 7.54. The van der Waals surface area contributed by atoms with Crippen molar-refractivity contribution >= 4 is 17.5 Å². The Balaban J connectivity index is 2.11. The van der Waals surface area contributed by atoms with Crippen molar-refractivity contribution in [3.63, 3.8) is 0 Å². The third kappa shape index (κ3) is 4.63. The SMILES string of the molecule is COc1ccc(NC(=O)C(C)Oc2cc(OC)ccc2C(N)=O)cc1. The van der Waals surface area contributed by atoms with Gasteiger partial charge in [0.2, 0.25) is 0 Å². The van der Waals surface area contributed by atoms with Gasteiger partial charge in [0.05, 0.1) is 19.8 Å². The lowest BCUT2D eigenvalue weighted by Crippen LogP contribution is -2.31. The summed E-state index contributed by atoms with van der Waals surface area (Å²) in [6, 6.07) is 11.5. The Labute approximate surface area is 145 Å². The monoisotopic (exact) mass is 344 g/mol. The van der Waals surface area contributed by atoms with E-state index < -0.39 is 12.0 Å². The number of primary amides is 1. The number of rotatable bonds is 7. The highest BCUT2D eigenvalue weighted by atomic mass is 16.5. The number of nitrogens with two attached hydrogens (primary N) is 1. The lowest BCUT2D eigenvalue weighted by atomic mass is 10.1. The first kappa shape index (κ1) is 18.1. The van der Waals surface area contributed by atoms with Gasteiger partial charge in [-0.05, 0) is 43.3 Å². The fraction of sp³-hybridized carbons (Fsp3) is 0.222. The van der Waals surface area contributed by atoms with Gasteiger partial charge in [-0.25, -0.2) is 0 Å². The molecule has 0 saturated carbocycles. The van der Waals surface area contributed by atoms with E-state index in [4.69, 9.17) is 19.9 Å². The maximum absolute atomic E-state index is 12.3. The fourth-order valence-corrected chi connectivity index (χ4v) is 2.09. The molecule has 0 bridgehead atoms. The van der Waals surface area contributed by atoms with Crippen LogP contribution in [-0.4, -0.2) is 32.1 Å². The van der Waals surface area contributed by atoms with Crippen molar-refractivity contribution in [1.29, 1.82) is 0 Å². The first-order chi connectivity index (χ1) is 11.9. The third-order valence-electron chi connectivity index (χ3n) is 3.48. The van der Waals surface area contributed by atoms with Crippen LogP contribution in [0.3, 0.4) is 0 Å². The minimum Gasteiger partial charge on any atom is -0.497 e. The van der Waals surface area contributed by atoms with Crippen LogP contribution < -0.4 is 25.3 Å². The van der Waals surface area contributed by atoms with E-state index in [0.29, 0.717) is 17.2 Å². The van der Waals surface area contributed by atoms with Gasteiger partial charge in [0.15, 0.2) is 6.10 Å². The molecule has 1 unspecified atom stereocenters. The zero-order valence-corrected chi connectivity index (χ0v) is 14.2. The van der Waals surface area contributed by atoms with E-state index in [2.05, 4.69) is 5.32 Å². The molecule has 2 aromatic carbocycles. The van der Waals surface area contributed by atoms with Crippen molar-refractivity contribution in [2.75, 3.05) is 19.5 Å². The standard InChI is InChI=1S/C18H20N2O5/c1-11(18(22)20-12-4-6-13(23-2)7-5-12)25-16-10-14(24-3)8-9-15(16)17(19)21/h4-11H,1-3H3,(H2,19,21)(H,20,22). The number of benzene rings is 2. The van der Waals surface area contributed by atoms with Crippen molar-refractivity contribution in [2.45, 2.75) is 13.0 Å². The number of hydrogen-bond donors (Lipinski definition) is 2. The highest BCUT2D eigenvalue weighted by molar-refractivity contribution is 5.97. The van der Waals surface area contributed by atoms with E-state index in [1.54, 1.807) is 44.4 Å². The van der Waals surface area contributed by atoms with Crippen LogP contribution in [0.4, 0.5) is 5.69 Å². The lowest BCUT2D eigenvalue weighted by molar-refractivity contribution is -0.122. The van der Waals surface area contributed by atoms with Crippen molar-refractivity contribution in [3.05, 3.63) is 48.0 Å². The summed E-state index contributed by atoms with van der Waals surface area (Å²) in [6.45, 7) is 1.57. The highest BCUT2D eigenvalue weighted by Crippen LogP contribution is 2.26. The molecule has 132 valence electrons. The minimum atomic E-state index is -0.854. The van der Waals surface area contributed by atoms with Crippen molar-refractivity contribution in [1.82, 2.24) is 0 Å². The number of anilines is 1. The van der Waals surface area contributed by atoms with Gasteiger partial charge in [-0.1, -0.05) is 0 Å². The molecule has 0 fully saturated rings. The number of hydrogen-bond acceptors (Lipinski definition) is 5. The van der Waals surface area contributed by atoms with Crippen molar-refractivity contribution in [2.24, 2.45) is 5.73 Å². The second kappa shape index (κ2) is 8.05. The lowest BCUT2D eigenvalue weighted by Gasteiger charge is -2.17. The van der Waals surface area contributed by atoms with E-state index in [0.717, 1.165) is 0 Å². The van der Waals surface area contributed by atoms with Crippen molar-refractivity contribution < 1.29 is 23.8 Å². The molecular weight excluding hydrogens is 324 g/mol. The topological polar surface area (TPSA) is 99.9 Å². The first-order valence-corrected chi connectivity index (χ1v) is 7.54. The Morgan fingerprint density at radius 1 is 1.00 bits per heavy atom. The van der Waals surface area contributed by atoms with Gasteiger partial charge in [-0.15, -0.1) is 0 Å². The van der Waals surface area contributed by atoms with Gasteiger partial charge in [-0.3, -0.25) is 9.59 Å². The molecule has 7 nitrogen and oxygen atoms in total. The van der Waals surface area contributed by atoms with Crippen LogP contribution in [0.15, 0.2) is 42.5 Å². The summed E-state index contributed by atoms with van der Waals surface area (Å²) >= 11 is 0. The number of ether oxygens (including phenoxy) is 3. The Hall–Kier alpha value is -3.22. The second-order valence-corrected chi connectivity index (χ2v) is 5.20. The molecule has 0 spiro atoms. The Morgan fingerprint density at radius 2 is 1.60 bits per heavy atom. The molecule has 1 atom stereocenters. The summed E-state index contributed by atoms with van der Waals surface area (Å²) in [7, 11) is 3.05. The zero-order chi connectivity index (χ0) is 18.4. The van der Waals surface area contributed by atoms with Gasteiger partial charge in [0.25, 0.3) is 11.8 Å². The number of nitrogens with one attached hydrogen (secondary N) is 1. The van der Waals surface area contributed by atoms with Crippen LogP contribution in [0.1, 0.15) is 17.3 Å². The normalized spacial score (nSPS) is 11.3. The molecule has 0 aliphatic heterocycles. The molecule has 0 heterocycles. The van der Waals surface area contributed by atoms with Crippen LogP contribution in [0.2, 0.25) is 0 Å². The van der Waals surface area contributed by atoms with Gasteiger partial charge in [0, 0.05) is 11.8 Å². The maximum atomic E-state index is 12.3. The summed E-state index contributed by atoms with van der Waals surface area (Å²) in [5, 5.41) is 2.72.